The second-order valence-corrected chi connectivity index (χ2v) is 9.63. The number of sulfonamides is 1. The maximum absolute atomic E-state index is 13.7. The van der Waals surface area contributed by atoms with Gasteiger partial charge in [-0.1, -0.05) is 0 Å². The highest BCUT2D eigenvalue weighted by Crippen LogP contribution is 2.28. The Kier molecular flexibility index (Phi) is 8.16. The van der Waals surface area contributed by atoms with Crippen molar-refractivity contribution in [2.45, 2.75) is 31.7 Å². The number of unbranched alkanes of at least 4 members (excludes halogenated alkanes) is 1. The smallest absolute Gasteiger partial charge is 0.241 e. The topological polar surface area (TPSA) is 148 Å². The number of methoxy groups -OCH3 is 1. The van der Waals surface area contributed by atoms with Gasteiger partial charge in [-0.3, -0.25) is 4.79 Å². The van der Waals surface area contributed by atoms with Crippen LogP contribution >= 0.6 is 0 Å². The van der Waals surface area contributed by atoms with E-state index in [1.54, 1.807) is 0 Å². The molecule has 0 aliphatic carbocycles. The predicted molar refractivity (Wildman–Crippen MR) is 121 cm³/mol. The van der Waals surface area contributed by atoms with Crippen molar-refractivity contribution in [3.05, 3.63) is 41.3 Å². The number of carbonyl (C=O) groups excluding carboxylic acids is 1. The first-order chi connectivity index (χ1) is 15.8. The fraction of sp³-hybridized carbons (Fsp3) is 0.476. The van der Waals surface area contributed by atoms with Gasteiger partial charge >= 0.3 is 0 Å². The van der Waals surface area contributed by atoms with E-state index in [-0.39, 0.29) is 53.5 Å². The Labute approximate surface area is 192 Å². The molecule has 2 heterocycles. The molecule has 0 spiro atoms. The van der Waals surface area contributed by atoms with Crippen LogP contribution in [0.3, 0.4) is 0 Å². The molecule has 0 atom stereocenters. The van der Waals surface area contributed by atoms with Gasteiger partial charge in [0, 0.05) is 12.8 Å². The van der Waals surface area contributed by atoms with Crippen LogP contribution in [0.1, 0.15) is 41.6 Å². The molecule has 1 aromatic heterocycles. The van der Waals surface area contributed by atoms with Crippen LogP contribution < -0.4 is 20.1 Å². The Morgan fingerprint density at radius 2 is 2.03 bits per heavy atom. The van der Waals surface area contributed by atoms with Crippen LogP contribution in [0, 0.1) is 5.82 Å². The first kappa shape index (κ1) is 24.8. The van der Waals surface area contributed by atoms with Gasteiger partial charge in [0.1, 0.15) is 17.4 Å². The molecular weight excluding hydrogens is 453 g/mol. The Bertz CT molecular complexity index is 1090. The molecule has 0 unspecified atom stereocenters. The average Bonchev–Trinajstić information content (AvgIpc) is 2.79. The van der Waals surface area contributed by atoms with Crippen molar-refractivity contribution in [2.75, 3.05) is 42.6 Å². The second kappa shape index (κ2) is 10.9. The maximum atomic E-state index is 13.7. The molecular formula is C21H28FN5O5S. The van der Waals surface area contributed by atoms with Crippen LogP contribution in [0.4, 0.5) is 16.2 Å². The predicted octanol–water partition coefficient (Wildman–Crippen LogP) is 1.10. The molecule has 2 aromatic rings. The third-order valence-electron chi connectivity index (χ3n) is 5.40. The lowest BCUT2D eigenvalue weighted by Crippen LogP contribution is -2.48. The number of aromatic nitrogens is 2. The van der Waals surface area contributed by atoms with Gasteiger partial charge in [0.2, 0.25) is 21.8 Å². The molecule has 0 bridgehead atoms. The van der Waals surface area contributed by atoms with E-state index in [9.17, 15) is 17.6 Å². The lowest BCUT2D eigenvalue weighted by atomic mass is 10.0. The van der Waals surface area contributed by atoms with E-state index in [0.717, 1.165) is 18.3 Å². The van der Waals surface area contributed by atoms with Crippen LogP contribution in [0.25, 0.3) is 0 Å². The largest absolute Gasteiger partial charge is 0.496 e. The van der Waals surface area contributed by atoms with Gasteiger partial charge in [-0.15, -0.1) is 0 Å². The van der Waals surface area contributed by atoms with Crippen molar-refractivity contribution >= 4 is 27.6 Å². The summed E-state index contributed by atoms with van der Waals surface area (Å²) in [6.07, 6.45) is 2.91. The minimum atomic E-state index is -3.81. The highest BCUT2D eigenvalue weighted by molar-refractivity contribution is 7.92. The van der Waals surface area contributed by atoms with Crippen LogP contribution in [-0.2, 0) is 10.0 Å². The first-order valence-electron chi connectivity index (χ1n) is 10.6. The minimum absolute atomic E-state index is 0.0487. The van der Waals surface area contributed by atoms with Gasteiger partial charge in [0.15, 0.2) is 0 Å². The molecule has 0 amide bonds. The summed E-state index contributed by atoms with van der Waals surface area (Å²) >= 11 is 0. The number of aliphatic hydroxyl groups excluding tert-OH is 1. The number of anilines is 2. The maximum Gasteiger partial charge on any atom is 0.241 e. The van der Waals surface area contributed by atoms with E-state index in [0.29, 0.717) is 32.4 Å². The van der Waals surface area contributed by atoms with Gasteiger partial charge < -0.3 is 20.9 Å². The number of ether oxygens (including phenoxy) is 1. The normalized spacial score (nSPS) is 14.8. The van der Waals surface area contributed by atoms with Crippen LogP contribution in [-0.4, -0.2) is 67.9 Å². The van der Waals surface area contributed by atoms with E-state index < -0.39 is 21.6 Å². The number of nitrogens with two attached hydrogens (primary N) is 1. The number of nitrogens with one attached hydrogen (secondary N) is 1. The Morgan fingerprint density at radius 3 is 2.67 bits per heavy atom. The second-order valence-electron chi connectivity index (χ2n) is 7.67. The molecule has 0 radical (unpaired) electrons. The van der Waals surface area contributed by atoms with Crippen molar-refractivity contribution in [3.8, 4) is 5.75 Å². The quantitative estimate of drug-likeness (QED) is 0.335. The summed E-state index contributed by atoms with van der Waals surface area (Å²) in [5, 5.41) is 12.2. The number of hydrogen-bond donors (Lipinski definition) is 3. The molecule has 1 fully saturated rings. The van der Waals surface area contributed by atoms with Crippen LogP contribution in [0.5, 0.6) is 5.75 Å². The molecule has 3 rings (SSSR count). The number of nitrogens with zero attached hydrogens (tertiary/aromatic N) is 3. The summed E-state index contributed by atoms with van der Waals surface area (Å²) in [4.78, 5) is 21.3. The third kappa shape index (κ3) is 5.75. The Morgan fingerprint density at radius 1 is 1.30 bits per heavy atom. The summed E-state index contributed by atoms with van der Waals surface area (Å²) < 4.78 is 46.4. The molecule has 1 aromatic carbocycles. The third-order valence-corrected chi connectivity index (χ3v) is 7.27. The lowest BCUT2D eigenvalue weighted by molar-refractivity contribution is 0.103. The summed E-state index contributed by atoms with van der Waals surface area (Å²) in [6.45, 7) is 1.17. The van der Waals surface area contributed by atoms with E-state index in [1.807, 2.05) is 0 Å². The van der Waals surface area contributed by atoms with E-state index in [1.165, 1.54) is 17.5 Å². The van der Waals surface area contributed by atoms with Crippen molar-refractivity contribution in [2.24, 2.45) is 0 Å². The van der Waals surface area contributed by atoms with Crippen molar-refractivity contribution < 1.29 is 27.4 Å². The lowest BCUT2D eigenvalue weighted by Gasteiger charge is -2.33. The fourth-order valence-electron chi connectivity index (χ4n) is 3.72. The van der Waals surface area contributed by atoms with E-state index in [2.05, 4.69) is 15.3 Å². The molecule has 4 N–H and O–H groups in total. The highest BCUT2D eigenvalue weighted by atomic mass is 32.2. The van der Waals surface area contributed by atoms with Crippen molar-refractivity contribution in [1.82, 2.24) is 15.3 Å². The number of ketones is 1. The van der Waals surface area contributed by atoms with Crippen molar-refractivity contribution in [3.63, 3.8) is 0 Å². The fourth-order valence-corrected chi connectivity index (χ4v) is 5.49. The average molecular weight is 482 g/mol. The van der Waals surface area contributed by atoms with E-state index >= 15 is 0 Å². The standard InChI is InChI=1S/C21H28FN5O5S/c1-32-18-5-4-14(22)12-16(18)19(29)17-13-25-21(26-20(17)23)27(15-6-8-24-9-7-15)33(30,31)11-3-2-10-28/h4-5,12-13,15,24,28H,2-3,6-11H2,1H3,(H2,23,25,26). The van der Waals surface area contributed by atoms with Crippen LogP contribution in [0.15, 0.2) is 24.4 Å². The van der Waals surface area contributed by atoms with Crippen molar-refractivity contribution in [1.29, 1.82) is 0 Å². The van der Waals surface area contributed by atoms with Gasteiger partial charge in [-0.25, -0.2) is 22.1 Å². The van der Waals surface area contributed by atoms with Gasteiger partial charge in [0.25, 0.3) is 0 Å². The molecule has 12 heteroatoms. The molecule has 33 heavy (non-hydrogen) atoms. The SMILES string of the molecule is COc1ccc(F)cc1C(=O)c1cnc(N(C2CCNCC2)S(=O)(=O)CCCCO)nc1N. The Balaban J connectivity index is 1.97. The number of hydrogen-bond acceptors (Lipinski definition) is 9. The summed E-state index contributed by atoms with van der Waals surface area (Å²) in [7, 11) is -2.45. The number of nitrogen functional groups attached to an aromatic ring is 1. The molecule has 1 saturated heterocycles. The molecule has 10 nitrogen and oxygen atoms in total. The van der Waals surface area contributed by atoms with Crippen LogP contribution in [0.2, 0.25) is 0 Å². The Hall–Kier alpha value is -2.83. The molecule has 1 aliphatic heterocycles. The number of benzene rings is 1. The zero-order chi connectivity index (χ0) is 24.0. The zero-order valence-corrected chi connectivity index (χ0v) is 19.1. The highest BCUT2D eigenvalue weighted by Gasteiger charge is 2.33. The molecule has 0 saturated carbocycles. The van der Waals surface area contributed by atoms with E-state index in [4.69, 9.17) is 15.6 Å². The molecule has 180 valence electrons. The van der Waals surface area contributed by atoms with Gasteiger partial charge in [-0.05, 0) is 57.0 Å². The number of aliphatic hydroxyl groups is 1. The summed E-state index contributed by atoms with van der Waals surface area (Å²) in [5.74, 6) is -1.63. The monoisotopic (exact) mass is 481 g/mol. The number of halogens is 1. The first-order valence-corrected chi connectivity index (χ1v) is 12.2. The van der Waals surface area contributed by atoms with Gasteiger partial charge in [-0.2, -0.15) is 4.98 Å². The minimum Gasteiger partial charge on any atom is -0.496 e. The zero-order valence-electron chi connectivity index (χ0n) is 18.3. The molecule has 1 aliphatic rings. The summed E-state index contributed by atoms with van der Waals surface area (Å²) in [5.41, 5.74) is 5.91. The number of piperidine rings is 1. The number of rotatable bonds is 10. The van der Waals surface area contributed by atoms with Gasteiger partial charge in [0.05, 0.1) is 30.0 Å². The summed E-state index contributed by atoms with van der Waals surface area (Å²) in [6, 6.07) is 3.15. The number of carbonyl (C=O) groups is 1.